The van der Waals surface area contributed by atoms with E-state index in [0.717, 1.165) is 29.4 Å². The molecule has 0 spiro atoms. The van der Waals surface area contributed by atoms with Gasteiger partial charge in [-0.1, -0.05) is 0 Å². The summed E-state index contributed by atoms with van der Waals surface area (Å²) < 4.78 is 5.10. The van der Waals surface area contributed by atoms with Crippen molar-refractivity contribution in [3.8, 4) is 11.5 Å². The van der Waals surface area contributed by atoms with Crippen LogP contribution in [0.5, 0.6) is 11.5 Å². The number of nitrogens with zero attached hydrogens (tertiary/aromatic N) is 2. The number of piperazine rings is 1. The molecule has 1 fully saturated rings. The van der Waals surface area contributed by atoms with Crippen LogP contribution in [-0.2, 0) is 9.59 Å². The third kappa shape index (κ3) is 5.87. The van der Waals surface area contributed by atoms with Crippen LogP contribution in [0.1, 0.15) is 0 Å². The summed E-state index contributed by atoms with van der Waals surface area (Å²) in [5.41, 5.74) is 1.74. The monoisotopic (exact) mass is 413 g/mol. The Labute approximate surface area is 176 Å². The fourth-order valence-corrected chi connectivity index (χ4v) is 3.46. The molecule has 1 aliphatic rings. The molecule has 2 aromatic carbocycles. The van der Waals surface area contributed by atoms with Gasteiger partial charge < -0.3 is 29.9 Å². The van der Waals surface area contributed by atoms with Gasteiger partial charge in [-0.15, -0.1) is 0 Å². The van der Waals surface area contributed by atoms with Crippen LogP contribution < -0.4 is 19.9 Å². The second kappa shape index (κ2) is 9.98. The number of methoxy groups -OCH3 is 1. The van der Waals surface area contributed by atoms with E-state index in [4.69, 9.17) is 4.74 Å². The first-order valence-electron chi connectivity index (χ1n) is 10.0. The first-order chi connectivity index (χ1) is 14.4. The van der Waals surface area contributed by atoms with E-state index in [1.165, 1.54) is 0 Å². The van der Waals surface area contributed by atoms with Gasteiger partial charge in [0, 0.05) is 37.6 Å². The molecule has 8 heteroatoms. The Bertz CT molecular complexity index is 846. The molecule has 1 heterocycles. The molecular formula is C22H29N4O4+. The zero-order chi connectivity index (χ0) is 21.5. The van der Waals surface area contributed by atoms with Crippen LogP contribution in [0, 0.1) is 0 Å². The van der Waals surface area contributed by atoms with Crippen molar-refractivity contribution >= 4 is 23.2 Å². The Morgan fingerprint density at radius 2 is 1.63 bits per heavy atom. The fourth-order valence-electron chi connectivity index (χ4n) is 3.46. The highest BCUT2D eigenvalue weighted by Crippen LogP contribution is 2.19. The standard InChI is InChI=1S/C22H28N4O4/c1-24(15-21(28)23-17-3-9-20(30-2)10-4-17)16-22(29)26-13-11-25(12-14-26)18-5-7-19(27)8-6-18/h3-10,27H,11-16H2,1-2H3,(H,23,28)/p+1. The van der Waals surface area contributed by atoms with Gasteiger partial charge in [0.1, 0.15) is 11.5 Å². The molecule has 2 aromatic rings. The molecule has 1 unspecified atom stereocenters. The van der Waals surface area contributed by atoms with Crippen LogP contribution in [0.15, 0.2) is 48.5 Å². The molecule has 1 aliphatic heterocycles. The van der Waals surface area contributed by atoms with Gasteiger partial charge in [-0.2, -0.15) is 0 Å². The number of hydrogen-bond acceptors (Lipinski definition) is 5. The van der Waals surface area contributed by atoms with E-state index >= 15 is 0 Å². The first-order valence-corrected chi connectivity index (χ1v) is 10.0. The number of benzene rings is 2. The van der Waals surface area contributed by atoms with Crippen molar-refractivity contribution in [3.05, 3.63) is 48.5 Å². The quantitative estimate of drug-likeness (QED) is 0.604. The van der Waals surface area contributed by atoms with Crippen molar-refractivity contribution in [1.82, 2.24) is 4.90 Å². The highest BCUT2D eigenvalue weighted by atomic mass is 16.5. The Morgan fingerprint density at radius 1 is 1.00 bits per heavy atom. The highest BCUT2D eigenvalue weighted by Gasteiger charge is 2.24. The van der Waals surface area contributed by atoms with Crippen molar-refractivity contribution in [3.63, 3.8) is 0 Å². The Kier molecular flexibility index (Phi) is 7.13. The molecule has 0 radical (unpaired) electrons. The van der Waals surface area contributed by atoms with Crippen LogP contribution in [0.4, 0.5) is 11.4 Å². The van der Waals surface area contributed by atoms with Crippen LogP contribution in [-0.4, -0.2) is 75.2 Å². The number of aromatic hydroxyl groups is 1. The van der Waals surface area contributed by atoms with Crippen LogP contribution in [0.3, 0.4) is 0 Å². The number of ether oxygens (including phenoxy) is 1. The molecule has 0 aliphatic carbocycles. The minimum Gasteiger partial charge on any atom is -0.508 e. The van der Waals surface area contributed by atoms with Crippen molar-refractivity contribution < 1.29 is 24.3 Å². The van der Waals surface area contributed by atoms with Gasteiger partial charge in [-0.3, -0.25) is 9.59 Å². The summed E-state index contributed by atoms with van der Waals surface area (Å²) in [7, 11) is 3.44. The maximum atomic E-state index is 12.6. The summed E-state index contributed by atoms with van der Waals surface area (Å²) in [6, 6.07) is 14.2. The van der Waals surface area contributed by atoms with Gasteiger partial charge in [0.25, 0.3) is 11.8 Å². The maximum Gasteiger partial charge on any atom is 0.279 e. The summed E-state index contributed by atoms with van der Waals surface area (Å²) in [5, 5.41) is 12.3. The van der Waals surface area contributed by atoms with E-state index in [1.54, 1.807) is 43.5 Å². The van der Waals surface area contributed by atoms with Gasteiger partial charge in [0.2, 0.25) is 0 Å². The third-order valence-corrected chi connectivity index (χ3v) is 5.14. The Morgan fingerprint density at radius 3 is 2.23 bits per heavy atom. The minimum atomic E-state index is -0.136. The molecule has 0 aromatic heterocycles. The Balaban J connectivity index is 1.41. The molecule has 8 nitrogen and oxygen atoms in total. The predicted molar refractivity (Wildman–Crippen MR) is 115 cm³/mol. The number of anilines is 2. The summed E-state index contributed by atoms with van der Waals surface area (Å²) in [5.74, 6) is 0.888. The first kappa shape index (κ1) is 21.4. The lowest BCUT2D eigenvalue weighted by atomic mass is 10.2. The van der Waals surface area contributed by atoms with Gasteiger partial charge >= 0.3 is 0 Å². The highest BCUT2D eigenvalue weighted by molar-refractivity contribution is 5.91. The molecule has 160 valence electrons. The molecule has 1 saturated heterocycles. The van der Waals surface area contributed by atoms with Gasteiger partial charge in [-0.25, -0.2) is 0 Å². The predicted octanol–water partition coefficient (Wildman–Crippen LogP) is 0.203. The summed E-state index contributed by atoms with van der Waals surface area (Å²) in [6.45, 7) is 3.26. The SMILES string of the molecule is COc1ccc(NC(=O)C[NH+](C)CC(=O)N2CCN(c3ccc(O)cc3)CC2)cc1. The van der Waals surface area contributed by atoms with Crippen molar-refractivity contribution in [2.45, 2.75) is 0 Å². The van der Waals surface area contributed by atoms with Gasteiger partial charge in [0.15, 0.2) is 13.1 Å². The van der Waals surface area contributed by atoms with E-state index in [9.17, 15) is 14.7 Å². The molecule has 3 N–H and O–H groups in total. The normalized spacial score (nSPS) is 14.9. The number of hydrogen-bond donors (Lipinski definition) is 3. The number of likely N-dealkylation sites (N-methyl/N-ethyl adjacent to an activating group) is 1. The second-order valence-corrected chi connectivity index (χ2v) is 7.47. The van der Waals surface area contributed by atoms with E-state index in [0.29, 0.717) is 18.8 Å². The van der Waals surface area contributed by atoms with Crippen LogP contribution in [0.2, 0.25) is 0 Å². The molecule has 3 rings (SSSR count). The smallest absolute Gasteiger partial charge is 0.279 e. The summed E-state index contributed by atoms with van der Waals surface area (Å²) in [4.78, 5) is 29.7. The molecule has 0 bridgehead atoms. The minimum absolute atomic E-state index is 0.0510. The Hall–Kier alpha value is -3.26. The average molecular weight is 413 g/mol. The molecule has 2 amide bonds. The van der Waals surface area contributed by atoms with Crippen LogP contribution >= 0.6 is 0 Å². The van der Waals surface area contributed by atoms with E-state index in [1.807, 2.05) is 24.1 Å². The number of quaternary nitrogens is 1. The zero-order valence-corrected chi connectivity index (χ0v) is 17.4. The van der Waals surface area contributed by atoms with Crippen molar-refractivity contribution in [2.75, 3.05) is 63.6 Å². The van der Waals surface area contributed by atoms with Crippen LogP contribution in [0.25, 0.3) is 0 Å². The average Bonchev–Trinajstić information content (AvgIpc) is 2.74. The summed E-state index contributed by atoms with van der Waals surface area (Å²) >= 11 is 0. The number of rotatable bonds is 7. The molecule has 1 atom stereocenters. The number of carbonyl (C=O) groups is 2. The van der Waals surface area contributed by atoms with Crippen molar-refractivity contribution in [2.24, 2.45) is 0 Å². The third-order valence-electron chi connectivity index (χ3n) is 5.14. The zero-order valence-electron chi connectivity index (χ0n) is 17.4. The maximum absolute atomic E-state index is 12.6. The van der Waals surface area contributed by atoms with Crippen molar-refractivity contribution in [1.29, 1.82) is 0 Å². The summed E-state index contributed by atoms with van der Waals surface area (Å²) in [6.07, 6.45) is 0. The molecule has 30 heavy (non-hydrogen) atoms. The number of carbonyl (C=O) groups excluding carboxylic acids is 2. The lowest BCUT2D eigenvalue weighted by Gasteiger charge is -2.36. The van der Waals surface area contributed by atoms with Gasteiger partial charge in [-0.05, 0) is 48.5 Å². The number of amides is 2. The fraction of sp³-hybridized carbons (Fsp3) is 0.364. The lowest BCUT2D eigenvalue weighted by molar-refractivity contribution is -0.862. The largest absolute Gasteiger partial charge is 0.508 e. The van der Waals surface area contributed by atoms with Gasteiger partial charge in [0.05, 0.1) is 14.2 Å². The van der Waals surface area contributed by atoms with E-state index in [-0.39, 0.29) is 30.7 Å². The lowest BCUT2D eigenvalue weighted by Crippen LogP contribution is -3.11. The topological polar surface area (TPSA) is 86.5 Å². The number of nitrogens with one attached hydrogen (secondary N) is 2. The second-order valence-electron chi connectivity index (χ2n) is 7.47. The van der Waals surface area contributed by atoms with E-state index in [2.05, 4.69) is 10.2 Å². The number of phenols is 1. The van der Waals surface area contributed by atoms with E-state index < -0.39 is 0 Å². The molecular weight excluding hydrogens is 384 g/mol. The molecule has 0 saturated carbocycles. The number of phenolic OH excluding ortho intramolecular Hbond substituents is 1.